The van der Waals surface area contributed by atoms with Crippen molar-refractivity contribution < 1.29 is 0 Å². The van der Waals surface area contributed by atoms with Crippen LogP contribution in [0.15, 0.2) is 43.0 Å². The van der Waals surface area contributed by atoms with Gasteiger partial charge in [0.2, 0.25) is 0 Å². The number of anilines is 1. The van der Waals surface area contributed by atoms with Crippen molar-refractivity contribution in [1.82, 2.24) is 9.55 Å². The van der Waals surface area contributed by atoms with Gasteiger partial charge in [0.05, 0.1) is 18.1 Å². The number of imidazole rings is 1. The van der Waals surface area contributed by atoms with Crippen LogP contribution in [-0.4, -0.2) is 22.6 Å². The third kappa shape index (κ3) is 2.16. The van der Waals surface area contributed by atoms with Gasteiger partial charge in [-0.25, -0.2) is 4.98 Å². The fourth-order valence-electron chi connectivity index (χ4n) is 3.31. The quantitative estimate of drug-likeness (QED) is 0.723. The lowest BCUT2D eigenvalue weighted by atomic mass is 10.0. The van der Waals surface area contributed by atoms with Crippen molar-refractivity contribution >= 4 is 27.1 Å². The number of nitriles is 1. The van der Waals surface area contributed by atoms with Crippen molar-refractivity contribution in [3.05, 3.63) is 47.9 Å². The molecule has 4 nitrogen and oxygen atoms in total. The van der Waals surface area contributed by atoms with E-state index in [-0.39, 0.29) is 0 Å². The second-order valence-corrected chi connectivity index (χ2v) is 6.69. The van der Waals surface area contributed by atoms with Gasteiger partial charge in [-0.05, 0) is 18.9 Å². The summed E-state index contributed by atoms with van der Waals surface area (Å²) in [6, 6.07) is 11.1. The number of aromatic nitrogens is 2. The van der Waals surface area contributed by atoms with Gasteiger partial charge in [0.1, 0.15) is 10.9 Å². The molecule has 0 bridgehead atoms. The van der Waals surface area contributed by atoms with Crippen LogP contribution in [0.1, 0.15) is 23.8 Å². The zero-order valence-corrected chi connectivity index (χ0v) is 13.0. The number of thiophene rings is 1. The van der Waals surface area contributed by atoms with Crippen LogP contribution in [0.25, 0.3) is 10.1 Å². The van der Waals surface area contributed by atoms with E-state index in [1.165, 1.54) is 10.1 Å². The van der Waals surface area contributed by atoms with Crippen LogP contribution in [0, 0.1) is 11.3 Å². The van der Waals surface area contributed by atoms with Crippen LogP contribution >= 0.6 is 11.3 Å². The standard InChI is InChI=1S/C17H16N4S/c18-10-16-17(14-5-1-2-6-15(14)22-16)20-8-3-4-13(11-20)21-9-7-19-12-21/h1-2,5-7,9,12-13H,3-4,8,11H2. The number of benzene rings is 1. The highest BCUT2D eigenvalue weighted by Gasteiger charge is 2.25. The SMILES string of the molecule is N#Cc1sc2ccccc2c1N1CCCC(n2ccnc2)C1. The fourth-order valence-corrected chi connectivity index (χ4v) is 4.33. The molecule has 110 valence electrons. The summed E-state index contributed by atoms with van der Waals surface area (Å²) in [5.74, 6) is 0. The van der Waals surface area contributed by atoms with Gasteiger partial charge in [0.25, 0.3) is 0 Å². The largest absolute Gasteiger partial charge is 0.367 e. The highest BCUT2D eigenvalue weighted by Crippen LogP contribution is 2.39. The number of nitrogens with zero attached hydrogens (tertiary/aromatic N) is 4. The summed E-state index contributed by atoms with van der Waals surface area (Å²) in [5, 5.41) is 10.7. The first-order valence-electron chi connectivity index (χ1n) is 7.51. The van der Waals surface area contributed by atoms with E-state index < -0.39 is 0 Å². The number of hydrogen-bond donors (Lipinski definition) is 0. The Labute approximate surface area is 133 Å². The molecule has 0 aliphatic carbocycles. The Morgan fingerprint density at radius 1 is 1.32 bits per heavy atom. The molecule has 2 aromatic heterocycles. The Bertz CT molecular complexity index is 828. The summed E-state index contributed by atoms with van der Waals surface area (Å²) in [7, 11) is 0. The number of piperidine rings is 1. The van der Waals surface area contributed by atoms with E-state index in [1.54, 1.807) is 11.3 Å². The van der Waals surface area contributed by atoms with E-state index in [0.29, 0.717) is 6.04 Å². The molecule has 1 aliphatic rings. The number of hydrogen-bond acceptors (Lipinski definition) is 4. The minimum absolute atomic E-state index is 0.432. The van der Waals surface area contributed by atoms with Crippen LogP contribution in [0.3, 0.4) is 0 Å². The summed E-state index contributed by atoms with van der Waals surface area (Å²) in [6.45, 7) is 1.95. The Hall–Kier alpha value is -2.32. The van der Waals surface area contributed by atoms with Gasteiger partial charge in [-0.15, -0.1) is 11.3 Å². The van der Waals surface area contributed by atoms with Gasteiger partial charge < -0.3 is 9.47 Å². The molecule has 1 unspecified atom stereocenters. The van der Waals surface area contributed by atoms with Crippen LogP contribution in [0.4, 0.5) is 5.69 Å². The van der Waals surface area contributed by atoms with E-state index in [9.17, 15) is 5.26 Å². The summed E-state index contributed by atoms with van der Waals surface area (Å²) < 4.78 is 3.38. The number of rotatable bonds is 2. The molecule has 0 N–H and O–H groups in total. The molecule has 1 aromatic carbocycles. The normalized spacial score (nSPS) is 18.5. The lowest BCUT2D eigenvalue weighted by molar-refractivity contribution is 0.405. The van der Waals surface area contributed by atoms with E-state index >= 15 is 0 Å². The van der Waals surface area contributed by atoms with E-state index in [0.717, 1.165) is 36.5 Å². The van der Waals surface area contributed by atoms with Gasteiger partial charge in [0, 0.05) is 35.6 Å². The van der Waals surface area contributed by atoms with Gasteiger partial charge in [-0.3, -0.25) is 0 Å². The first-order valence-corrected chi connectivity index (χ1v) is 8.32. The van der Waals surface area contributed by atoms with E-state index in [1.807, 2.05) is 24.8 Å². The molecule has 0 spiro atoms. The molecule has 1 aliphatic heterocycles. The topological polar surface area (TPSA) is 44.9 Å². The van der Waals surface area contributed by atoms with Gasteiger partial charge >= 0.3 is 0 Å². The van der Waals surface area contributed by atoms with E-state index in [2.05, 4.69) is 38.7 Å². The van der Waals surface area contributed by atoms with Crippen LogP contribution in [0.5, 0.6) is 0 Å². The molecular weight excluding hydrogens is 292 g/mol. The van der Waals surface area contributed by atoms with Crippen molar-refractivity contribution in [2.24, 2.45) is 0 Å². The van der Waals surface area contributed by atoms with Gasteiger partial charge in [-0.2, -0.15) is 5.26 Å². The van der Waals surface area contributed by atoms with Crippen LogP contribution < -0.4 is 4.90 Å². The van der Waals surface area contributed by atoms with Crippen molar-refractivity contribution in [3.8, 4) is 6.07 Å². The molecule has 4 rings (SSSR count). The number of fused-ring (bicyclic) bond motifs is 1. The Kier molecular flexibility index (Phi) is 3.32. The molecule has 0 radical (unpaired) electrons. The molecule has 1 fully saturated rings. The molecule has 3 heterocycles. The molecule has 22 heavy (non-hydrogen) atoms. The molecule has 1 saturated heterocycles. The van der Waals surface area contributed by atoms with Crippen molar-refractivity contribution in [3.63, 3.8) is 0 Å². The molecule has 0 saturated carbocycles. The van der Waals surface area contributed by atoms with Crippen molar-refractivity contribution in [2.75, 3.05) is 18.0 Å². The fraction of sp³-hybridized carbons (Fsp3) is 0.294. The third-order valence-electron chi connectivity index (χ3n) is 4.33. The average molecular weight is 308 g/mol. The zero-order valence-electron chi connectivity index (χ0n) is 12.1. The molecule has 3 aromatic rings. The summed E-state index contributed by atoms with van der Waals surface area (Å²) in [6.07, 6.45) is 8.06. The maximum absolute atomic E-state index is 9.52. The van der Waals surface area contributed by atoms with Crippen molar-refractivity contribution in [1.29, 1.82) is 5.26 Å². The molecule has 5 heteroatoms. The first-order chi connectivity index (χ1) is 10.9. The molecule has 1 atom stereocenters. The Morgan fingerprint density at radius 2 is 2.23 bits per heavy atom. The smallest absolute Gasteiger partial charge is 0.129 e. The first kappa shape index (κ1) is 13.4. The van der Waals surface area contributed by atoms with Gasteiger partial charge in [-0.1, -0.05) is 18.2 Å². The second kappa shape index (κ2) is 5.47. The summed E-state index contributed by atoms with van der Waals surface area (Å²) >= 11 is 1.59. The summed E-state index contributed by atoms with van der Waals surface area (Å²) in [5.41, 5.74) is 1.12. The average Bonchev–Trinajstić information content (AvgIpc) is 3.22. The lowest BCUT2D eigenvalue weighted by Crippen LogP contribution is -2.36. The van der Waals surface area contributed by atoms with Crippen LogP contribution in [-0.2, 0) is 0 Å². The maximum Gasteiger partial charge on any atom is 0.129 e. The third-order valence-corrected chi connectivity index (χ3v) is 5.39. The Balaban J connectivity index is 1.74. The lowest BCUT2D eigenvalue weighted by Gasteiger charge is -2.35. The monoisotopic (exact) mass is 308 g/mol. The Morgan fingerprint density at radius 3 is 3.05 bits per heavy atom. The van der Waals surface area contributed by atoms with Crippen LogP contribution in [0.2, 0.25) is 0 Å². The summed E-state index contributed by atoms with van der Waals surface area (Å²) in [4.78, 5) is 7.37. The molecule has 0 amide bonds. The second-order valence-electron chi connectivity index (χ2n) is 5.64. The highest BCUT2D eigenvalue weighted by molar-refractivity contribution is 7.20. The zero-order chi connectivity index (χ0) is 14.9. The van der Waals surface area contributed by atoms with Crippen molar-refractivity contribution in [2.45, 2.75) is 18.9 Å². The van der Waals surface area contributed by atoms with E-state index in [4.69, 9.17) is 0 Å². The highest BCUT2D eigenvalue weighted by atomic mass is 32.1. The predicted octanol–water partition coefficient (Wildman–Crippen LogP) is 3.81. The predicted molar refractivity (Wildman–Crippen MR) is 89.3 cm³/mol. The maximum atomic E-state index is 9.52. The van der Waals surface area contributed by atoms with Gasteiger partial charge in [0.15, 0.2) is 0 Å². The molecular formula is C17H16N4S. The minimum Gasteiger partial charge on any atom is -0.367 e. The minimum atomic E-state index is 0.432.